The van der Waals surface area contributed by atoms with Gasteiger partial charge in [0.1, 0.15) is 0 Å². The molecule has 0 saturated heterocycles. The van der Waals surface area contributed by atoms with E-state index in [4.69, 9.17) is 0 Å². The van der Waals surface area contributed by atoms with Gasteiger partial charge < -0.3 is 0 Å². The first-order valence-electron chi connectivity index (χ1n) is 8.38. The highest BCUT2D eigenvalue weighted by atomic mass is 16.1. The van der Waals surface area contributed by atoms with Crippen molar-refractivity contribution < 1.29 is 9.59 Å². The zero-order valence-corrected chi connectivity index (χ0v) is 14.4. The standard InChI is InChI=1S/C20H28O2/c1-13(2)19-16-10-9-14(3)7-6-8-15(4)17(21)11-20(16,5)12-18(19)22/h7,13H,4,6,8-12H2,1-3,5H3/b14-7+/t20-/m1/s1. The molecule has 2 nitrogen and oxygen atoms in total. The Kier molecular flexibility index (Phi) is 4.89. The van der Waals surface area contributed by atoms with Crippen LogP contribution in [0.2, 0.25) is 0 Å². The van der Waals surface area contributed by atoms with Crippen LogP contribution < -0.4 is 0 Å². The summed E-state index contributed by atoms with van der Waals surface area (Å²) in [5.41, 5.74) is 3.95. The van der Waals surface area contributed by atoms with Crippen LogP contribution in [-0.4, -0.2) is 11.6 Å². The van der Waals surface area contributed by atoms with Crippen molar-refractivity contribution in [1.29, 1.82) is 0 Å². The molecular weight excluding hydrogens is 272 g/mol. The molecule has 2 aliphatic carbocycles. The molecule has 0 bridgehead atoms. The summed E-state index contributed by atoms with van der Waals surface area (Å²) >= 11 is 0. The molecule has 0 saturated carbocycles. The van der Waals surface area contributed by atoms with Crippen LogP contribution in [0.4, 0.5) is 0 Å². The average molecular weight is 300 g/mol. The third-order valence-electron chi connectivity index (χ3n) is 5.14. The van der Waals surface area contributed by atoms with Gasteiger partial charge in [0, 0.05) is 18.3 Å². The van der Waals surface area contributed by atoms with Gasteiger partial charge in [0.25, 0.3) is 0 Å². The molecule has 22 heavy (non-hydrogen) atoms. The first-order valence-corrected chi connectivity index (χ1v) is 8.38. The fourth-order valence-electron chi connectivity index (χ4n) is 3.86. The molecule has 0 amide bonds. The minimum Gasteiger partial charge on any atom is -0.295 e. The number of Topliss-reactive ketones (excluding diaryl/α,β-unsaturated/α-hetero) is 2. The van der Waals surface area contributed by atoms with E-state index in [1.165, 1.54) is 11.1 Å². The van der Waals surface area contributed by atoms with Crippen LogP contribution in [0.5, 0.6) is 0 Å². The maximum atomic E-state index is 12.5. The summed E-state index contributed by atoms with van der Waals surface area (Å²) in [5, 5.41) is 0. The van der Waals surface area contributed by atoms with E-state index in [2.05, 4.69) is 40.3 Å². The van der Waals surface area contributed by atoms with Crippen LogP contribution in [0.1, 0.15) is 66.2 Å². The van der Waals surface area contributed by atoms with Crippen molar-refractivity contribution >= 4 is 11.6 Å². The van der Waals surface area contributed by atoms with Crippen LogP contribution in [0.3, 0.4) is 0 Å². The van der Waals surface area contributed by atoms with E-state index in [9.17, 15) is 9.59 Å². The van der Waals surface area contributed by atoms with Gasteiger partial charge in [-0.2, -0.15) is 0 Å². The number of carbonyl (C=O) groups excluding carboxylic acids is 2. The Morgan fingerprint density at radius 3 is 2.36 bits per heavy atom. The van der Waals surface area contributed by atoms with Crippen molar-refractivity contribution in [1.82, 2.24) is 0 Å². The molecule has 0 aromatic carbocycles. The van der Waals surface area contributed by atoms with E-state index in [1.807, 2.05) is 0 Å². The van der Waals surface area contributed by atoms with Crippen LogP contribution in [0.15, 0.2) is 34.9 Å². The van der Waals surface area contributed by atoms with Crippen LogP contribution in [-0.2, 0) is 9.59 Å². The quantitative estimate of drug-likeness (QED) is 0.507. The summed E-state index contributed by atoms with van der Waals surface area (Å²) in [7, 11) is 0. The van der Waals surface area contributed by atoms with Crippen molar-refractivity contribution in [3.8, 4) is 0 Å². The van der Waals surface area contributed by atoms with Crippen LogP contribution in [0, 0.1) is 11.3 Å². The molecule has 0 fully saturated rings. The smallest absolute Gasteiger partial charge is 0.159 e. The number of rotatable bonds is 1. The van der Waals surface area contributed by atoms with Crippen molar-refractivity contribution in [2.24, 2.45) is 11.3 Å². The van der Waals surface area contributed by atoms with Crippen LogP contribution in [0.25, 0.3) is 0 Å². The van der Waals surface area contributed by atoms with Crippen molar-refractivity contribution in [3.05, 3.63) is 34.9 Å². The molecule has 2 rings (SSSR count). The fourth-order valence-corrected chi connectivity index (χ4v) is 3.86. The maximum absolute atomic E-state index is 12.5. The number of allylic oxidation sites excluding steroid dienone is 5. The summed E-state index contributed by atoms with van der Waals surface area (Å²) in [6.07, 6.45) is 6.64. The zero-order chi connectivity index (χ0) is 16.5. The second-order valence-electron chi connectivity index (χ2n) is 7.50. The summed E-state index contributed by atoms with van der Waals surface area (Å²) in [4.78, 5) is 25.0. The van der Waals surface area contributed by atoms with Crippen LogP contribution >= 0.6 is 0 Å². The Hall–Kier alpha value is -1.44. The first-order chi connectivity index (χ1) is 10.2. The van der Waals surface area contributed by atoms with E-state index >= 15 is 0 Å². The molecule has 0 N–H and O–H groups in total. The van der Waals surface area contributed by atoms with Gasteiger partial charge in [-0.25, -0.2) is 0 Å². The molecule has 0 aliphatic heterocycles. The lowest BCUT2D eigenvalue weighted by atomic mass is 9.75. The number of hydrogen-bond acceptors (Lipinski definition) is 2. The molecule has 120 valence electrons. The maximum Gasteiger partial charge on any atom is 0.159 e. The molecule has 0 heterocycles. The topological polar surface area (TPSA) is 34.1 Å². The van der Waals surface area contributed by atoms with Gasteiger partial charge in [-0.15, -0.1) is 0 Å². The number of fused-ring (bicyclic) bond motifs is 1. The third-order valence-corrected chi connectivity index (χ3v) is 5.14. The van der Waals surface area contributed by atoms with E-state index < -0.39 is 0 Å². The minimum absolute atomic E-state index is 0.130. The largest absolute Gasteiger partial charge is 0.295 e. The molecular formula is C20H28O2. The second kappa shape index (κ2) is 6.36. The summed E-state index contributed by atoms with van der Waals surface area (Å²) in [6.45, 7) is 12.4. The van der Waals surface area contributed by atoms with Gasteiger partial charge >= 0.3 is 0 Å². The summed E-state index contributed by atoms with van der Waals surface area (Å²) in [5.74, 6) is 0.604. The lowest BCUT2D eigenvalue weighted by molar-refractivity contribution is -0.118. The van der Waals surface area contributed by atoms with E-state index in [0.717, 1.165) is 31.3 Å². The monoisotopic (exact) mass is 300 g/mol. The Balaban J connectivity index is 2.47. The molecule has 0 spiro atoms. The van der Waals surface area contributed by atoms with Gasteiger partial charge in [0.2, 0.25) is 0 Å². The number of ketones is 2. The van der Waals surface area contributed by atoms with Gasteiger partial charge in [-0.3, -0.25) is 9.59 Å². The second-order valence-corrected chi connectivity index (χ2v) is 7.50. The molecule has 0 aromatic heterocycles. The van der Waals surface area contributed by atoms with E-state index in [-0.39, 0.29) is 22.9 Å². The van der Waals surface area contributed by atoms with Gasteiger partial charge in [0.05, 0.1) is 0 Å². The SMILES string of the molecule is C=C1CC/C=C(\C)CCC2=C(C(C)C)C(=O)C[C@@]2(C)CC1=O. The van der Waals surface area contributed by atoms with Gasteiger partial charge in [0.15, 0.2) is 11.6 Å². The predicted molar refractivity (Wildman–Crippen MR) is 90.6 cm³/mol. The molecule has 0 aromatic rings. The van der Waals surface area contributed by atoms with Gasteiger partial charge in [-0.05, 0) is 49.7 Å². The number of hydrogen-bond donors (Lipinski definition) is 0. The average Bonchev–Trinajstić information content (AvgIpc) is 2.65. The highest BCUT2D eigenvalue weighted by Crippen LogP contribution is 2.48. The summed E-state index contributed by atoms with van der Waals surface area (Å²) < 4.78 is 0. The molecule has 1 atom stereocenters. The predicted octanol–water partition coefficient (Wildman–Crippen LogP) is 4.95. The summed E-state index contributed by atoms with van der Waals surface area (Å²) in [6, 6.07) is 0. The molecule has 0 radical (unpaired) electrons. The van der Waals surface area contributed by atoms with E-state index in [0.29, 0.717) is 18.4 Å². The first kappa shape index (κ1) is 16.9. The Labute approximate surface area is 134 Å². The highest BCUT2D eigenvalue weighted by Gasteiger charge is 2.43. The van der Waals surface area contributed by atoms with Gasteiger partial charge in [-0.1, -0.05) is 44.6 Å². The molecule has 2 aliphatic rings. The van der Waals surface area contributed by atoms with Crippen molar-refractivity contribution in [2.75, 3.05) is 0 Å². The van der Waals surface area contributed by atoms with Crippen molar-refractivity contribution in [2.45, 2.75) is 66.2 Å². The normalized spacial score (nSPS) is 30.2. The Morgan fingerprint density at radius 1 is 1.09 bits per heavy atom. The fraction of sp³-hybridized carbons (Fsp3) is 0.600. The third kappa shape index (κ3) is 3.31. The molecule has 2 heteroatoms. The lowest BCUT2D eigenvalue weighted by Crippen LogP contribution is -2.22. The molecule has 0 unspecified atom stereocenters. The highest BCUT2D eigenvalue weighted by molar-refractivity contribution is 6.02. The minimum atomic E-state index is -0.304. The zero-order valence-electron chi connectivity index (χ0n) is 14.4. The Bertz CT molecular complexity index is 575. The number of carbonyl (C=O) groups is 2. The Morgan fingerprint density at radius 2 is 1.73 bits per heavy atom. The van der Waals surface area contributed by atoms with Crippen molar-refractivity contribution in [3.63, 3.8) is 0 Å². The lowest BCUT2D eigenvalue weighted by Gasteiger charge is -2.28. The van der Waals surface area contributed by atoms with E-state index in [1.54, 1.807) is 0 Å².